The Balaban J connectivity index is 2.23. The van der Waals surface area contributed by atoms with E-state index in [0.717, 1.165) is 6.54 Å². The van der Waals surface area contributed by atoms with Crippen LogP contribution in [0.4, 0.5) is 10.2 Å². The summed E-state index contributed by atoms with van der Waals surface area (Å²) in [5.74, 6) is 0.705. The molecule has 3 nitrogen and oxygen atoms in total. The fraction of sp³-hybridized carbons (Fsp3) is 0.154. The minimum atomic E-state index is -0.569. The van der Waals surface area contributed by atoms with Crippen LogP contribution in [-0.4, -0.2) is 11.5 Å². The smallest absolute Gasteiger partial charge is 0.184 e. The van der Waals surface area contributed by atoms with Gasteiger partial charge in [-0.25, -0.2) is 9.37 Å². The van der Waals surface area contributed by atoms with Crippen molar-refractivity contribution in [2.45, 2.75) is 6.92 Å². The highest BCUT2D eigenvalue weighted by molar-refractivity contribution is 6.30. The molecule has 2 rings (SSSR count). The third kappa shape index (κ3) is 2.90. The molecule has 18 heavy (non-hydrogen) atoms. The van der Waals surface area contributed by atoms with Gasteiger partial charge >= 0.3 is 0 Å². The van der Waals surface area contributed by atoms with Gasteiger partial charge in [0.25, 0.3) is 0 Å². The van der Waals surface area contributed by atoms with Crippen molar-refractivity contribution in [3.8, 4) is 11.5 Å². The number of pyridine rings is 1. The fourth-order valence-corrected chi connectivity index (χ4v) is 1.61. The van der Waals surface area contributed by atoms with Crippen LogP contribution in [0.15, 0.2) is 36.5 Å². The molecule has 0 aliphatic carbocycles. The first-order valence-corrected chi connectivity index (χ1v) is 5.90. The molecule has 0 aliphatic rings. The fourth-order valence-electron chi connectivity index (χ4n) is 1.44. The molecule has 0 unspecified atom stereocenters. The maximum Gasteiger partial charge on any atom is 0.184 e. The van der Waals surface area contributed by atoms with E-state index in [-0.39, 0.29) is 10.8 Å². The molecule has 2 aromatic rings. The molecule has 94 valence electrons. The van der Waals surface area contributed by atoms with Crippen LogP contribution < -0.4 is 10.1 Å². The van der Waals surface area contributed by atoms with E-state index in [1.54, 1.807) is 24.4 Å². The van der Waals surface area contributed by atoms with Crippen LogP contribution >= 0.6 is 11.6 Å². The molecule has 0 atom stereocenters. The number of nitrogens with zero attached hydrogens (tertiary/aromatic N) is 1. The van der Waals surface area contributed by atoms with E-state index in [4.69, 9.17) is 16.3 Å². The zero-order valence-electron chi connectivity index (χ0n) is 9.78. The zero-order valence-corrected chi connectivity index (χ0v) is 10.5. The molecule has 1 aromatic heterocycles. The van der Waals surface area contributed by atoms with Gasteiger partial charge in [-0.1, -0.05) is 17.7 Å². The minimum Gasteiger partial charge on any atom is -0.454 e. The summed E-state index contributed by atoms with van der Waals surface area (Å²) in [4.78, 5) is 4.10. The standard InChI is InChI=1S/C13H12ClFN2O/c1-2-16-12-8-9(6-7-17-12)18-11-5-3-4-10(14)13(11)15/h3-8H,2H2,1H3,(H,16,17). The third-order valence-electron chi connectivity index (χ3n) is 2.23. The first-order valence-electron chi connectivity index (χ1n) is 5.52. The molecular weight excluding hydrogens is 255 g/mol. The molecule has 1 N–H and O–H groups in total. The molecule has 0 fully saturated rings. The van der Waals surface area contributed by atoms with E-state index < -0.39 is 5.82 Å². The predicted molar refractivity (Wildman–Crippen MR) is 69.9 cm³/mol. The van der Waals surface area contributed by atoms with Gasteiger partial charge < -0.3 is 10.1 Å². The molecule has 0 saturated carbocycles. The molecule has 0 amide bonds. The Morgan fingerprint density at radius 2 is 2.22 bits per heavy atom. The lowest BCUT2D eigenvalue weighted by molar-refractivity contribution is 0.442. The van der Waals surface area contributed by atoms with Crippen molar-refractivity contribution in [2.24, 2.45) is 0 Å². The molecule has 0 bridgehead atoms. The van der Waals surface area contributed by atoms with Gasteiger partial charge in [-0.3, -0.25) is 0 Å². The first kappa shape index (κ1) is 12.6. The second-order valence-electron chi connectivity index (χ2n) is 3.56. The number of halogens is 2. The highest BCUT2D eigenvalue weighted by Crippen LogP contribution is 2.29. The second-order valence-corrected chi connectivity index (χ2v) is 3.97. The summed E-state index contributed by atoms with van der Waals surface area (Å²) in [6.45, 7) is 2.72. The number of benzene rings is 1. The summed E-state index contributed by atoms with van der Waals surface area (Å²) in [6.07, 6.45) is 1.59. The normalized spacial score (nSPS) is 10.2. The number of aromatic nitrogens is 1. The lowest BCUT2D eigenvalue weighted by Crippen LogP contribution is -1.99. The SMILES string of the molecule is CCNc1cc(Oc2cccc(Cl)c2F)ccn1. The summed E-state index contributed by atoms with van der Waals surface area (Å²) >= 11 is 5.68. The number of hydrogen-bond acceptors (Lipinski definition) is 3. The van der Waals surface area contributed by atoms with Gasteiger partial charge in [-0.15, -0.1) is 0 Å². The third-order valence-corrected chi connectivity index (χ3v) is 2.53. The average molecular weight is 267 g/mol. The van der Waals surface area contributed by atoms with Gasteiger partial charge in [-0.05, 0) is 25.1 Å². The minimum absolute atomic E-state index is 0.0356. The number of rotatable bonds is 4. The van der Waals surface area contributed by atoms with Gasteiger partial charge in [-0.2, -0.15) is 0 Å². The predicted octanol–water partition coefficient (Wildman–Crippen LogP) is 4.10. The molecule has 1 aromatic carbocycles. The summed E-state index contributed by atoms with van der Waals surface area (Å²) in [7, 11) is 0. The number of anilines is 1. The van der Waals surface area contributed by atoms with E-state index in [0.29, 0.717) is 11.6 Å². The largest absolute Gasteiger partial charge is 0.454 e. The number of hydrogen-bond donors (Lipinski definition) is 1. The maximum atomic E-state index is 13.6. The van der Waals surface area contributed by atoms with Crippen LogP contribution in [0.2, 0.25) is 5.02 Å². The van der Waals surface area contributed by atoms with E-state index in [2.05, 4.69) is 10.3 Å². The van der Waals surface area contributed by atoms with Gasteiger partial charge in [0.15, 0.2) is 11.6 Å². The Morgan fingerprint density at radius 3 is 3.00 bits per heavy atom. The lowest BCUT2D eigenvalue weighted by atomic mass is 10.3. The Kier molecular flexibility index (Phi) is 3.99. The highest BCUT2D eigenvalue weighted by atomic mass is 35.5. The van der Waals surface area contributed by atoms with E-state index in [9.17, 15) is 4.39 Å². The van der Waals surface area contributed by atoms with Crippen LogP contribution in [0.5, 0.6) is 11.5 Å². The van der Waals surface area contributed by atoms with E-state index in [1.165, 1.54) is 12.1 Å². The van der Waals surface area contributed by atoms with Crippen LogP contribution in [0, 0.1) is 5.82 Å². The summed E-state index contributed by atoms with van der Waals surface area (Å²) < 4.78 is 19.1. The number of nitrogens with one attached hydrogen (secondary N) is 1. The molecule has 0 aliphatic heterocycles. The van der Waals surface area contributed by atoms with Gasteiger partial charge in [0.1, 0.15) is 11.6 Å². The Morgan fingerprint density at radius 1 is 1.39 bits per heavy atom. The van der Waals surface area contributed by atoms with E-state index >= 15 is 0 Å². The lowest BCUT2D eigenvalue weighted by Gasteiger charge is -2.09. The van der Waals surface area contributed by atoms with Crippen molar-refractivity contribution in [1.29, 1.82) is 0 Å². The molecule has 0 saturated heterocycles. The Bertz CT molecular complexity index is 548. The maximum absolute atomic E-state index is 13.6. The van der Waals surface area contributed by atoms with Crippen LogP contribution in [0.3, 0.4) is 0 Å². The first-order chi connectivity index (χ1) is 8.70. The number of ether oxygens (including phenoxy) is 1. The molecule has 1 heterocycles. The second kappa shape index (κ2) is 5.69. The van der Waals surface area contributed by atoms with Crippen molar-refractivity contribution >= 4 is 17.4 Å². The van der Waals surface area contributed by atoms with Gasteiger partial charge in [0.05, 0.1) is 5.02 Å². The van der Waals surface area contributed by atoms with Crippen molar-refractivity contribution < 1.29 is 9.13 Å². The van der Waals surface area contributed by atoms with Gasteiger partial charge in [0.2, 0.25) is 0 Å². The van der Waals surface area contributed by atoms with Gasteiger partial charge in [0, 0.05) is 18.8 Å². The molecule has 5 heteroatoms. The van der Waals surface area contributed by atoms with Crippen LogP contribution in [-0.2, 0) is 0 Å². The topological polar surface area (TPSA) is 34.1 Å². The van der Waals surface area contributed by atoms with Crippen molar-refractivity contribution in [1.82, 2.24) is 4.98 Å². The summed E-state index contributed by atoms with van der Waals surface area (Å²) in [5, 5.41) is 3.08. The Hall–Kier alpha value is -1.81. The van der Waals surface area contributed by atoms with Crippen molar-refractivity contribution in [2.75, 3.05) is 11.9 Å². The molecule has 0 spiro atoms. The van der Waals surface area contributed by atoms with Crippen molar-refractivity contribution in [3.63, 3.8) is 0 Å². The Labute approximate surface area is 110 Å². The van der Waals surface area contributed by atoms with Crippen LogP contribution in [0.25, 0.3) is 0 Å². The average Bonchev–Trinajstić information content (AvgIpc) is 2.36. The molecular formula is C13H12ClFN2O. The monoisotopic (exact) mass is 266 g/mol. The van der Waals surface area contributed by atoms with Crippen molar-refractivity contribution in [3.05, 3.63) is 47.4 Å². The molecule has 0 radical (unpaired) electrons. The quantitative estimate of drug-likeness (QED) is 0.905. The summed E-state index contributed by atoms with van der Waals surface area (Å²) in [6, 6.07) is 7.98. The summed E-state index contributed by atoms with van der Waals surface area (Å²) in [5.41, 5.74) is 0. The van der Waals surface area contributed by atoms with E-state index in [1.807, 2.05) is 6.92 Å². The highest BCUT2D eigenvalue weighted by Gasteiger charge is 2.08. The van der Waals surface area contributed by atoms with Crippen LogP contribution in [0.1, 0.15) is 6.92 Å². The zero-order chi connectivity index (χ0) is 13.0.